The van der Waals surface area contributed by atoms with Gasteiger partial charge in [0, 0.05) is 0 Å². The van der Waals surface area contributed by atoms with Crippen molar-refractivity contribution in [2.24, 2.45) is 23.7 Å². The van der Waals surface area contributed by atoms with Crippen molar-refractivity contribution in [1.82, 2.24) is 0 Å². The van der Waals surface area contributed by atoms with Crippen molar-refractivity contribution in [3.63, 3.8) is 0 Å². The monoisotopic (exact) mass is 350 g/mol. The molecule has 0 spiro atoms. The average Bonchev–Trinajstić information content (AvgIpc) is 2.66. The van der Waals surface area contributed by atoms with Crippen molar-refractivity contribution in [3.8, 4) is 11.5 Å². The van der Waals surface area contributed by atoms with Crippen LogP contribution in [0.2, 0.25) is 0 Å². The maximum absolute atomic E-state index is 13.7. The van der Waals surface area contributed by atoms with E-state index in [1.165, 1.54) is 44.6 Å². The van der Waals surface area contributed by atoms with E-state index in [-0.39, 0.29) is 5.75 Å². The fourth-order valence-corrected chi connectivity index (χ4v) is 4.52. The van der Waals surface area contributed by atoms with Crippen LogP contribution >= 0.6 is 0 Å². The molecule has 2 saturated carbocycles. The Morgan fingerprint density at radius 2 is 1.56 bits per heavy atom. The van der Waals surface area contributed by atoms with Crippen LogP contribution in [0.4, 0.5) is 8.78 Å². The highest BCUT2D eigenvalue weighted by Gasteiger charge is 2.30. The molecule has 138 valence electrons. The van der Waals surface area contributed by atoms with Crippen molar-refractivity contribution in [3.05, 3.63) is 36.4 Å². The number of phenols is 1. The van der Waals surface area contributed by atoms with Gasteiger partial charge in [-0.25, -0.2) is 0 Å². The molecule has 0 bridgehead atoms. The molecule has 0 amide bonds. The lowest BCUT2D eigenvalue weighted by atomic mass is 9.69. The summed E-state index contributed by atoms with van der Waals surface area (Å²) in [5.74, 6) is -0.370. The van der Waals surface area contributed by atoms with Gasteiger partial charge in [-0.1, -0.05) is 6.08 Å². The molecule has 0 aromatic heterocycles. The summed E-state index contributed by atoms with van der Waals surface area (Å²) < 4.78 is 32.6. The quantitative estimate of drug-likeness (QED) is 0.675. The second-order valence-electron chi connectivity index (χ2n) is 7.71. The van der Waals surface area contributed by atoms with Crippen molar-refractivity contribution >= 4 is 0 Å². The van der Waals surface area contributed by atoms with E-state index < -0.39 is 17.4 Å². The summed E-state index contributed by atoms with van der Waals surface area (Å²) in [4.78, 5) is 0. The minimum atomic E-state index is -1.24. The maximum Gasteiger partial charge on any atom is 0.204 e. The van der Waals surface area contributed by atoms with Crippen LogP contribution in [0.15, 0.2) is 24.8 Å². The van der Waals surface area contributed by atoms with Crippen LogP contribution in [0, 0.1) is 35.3 Å². The molecule has 0 aliphatic heterocycles. The molecule has 0 atom stereocenters. The largest absolute Gasteiger partial charge is 0.505 e. The Labute approximate surface area is 148 Å². The van der Waals surface area contributed by atoms with E-state index in [0.717, 1.165) is 30.7 Å². The number of allylic oxidation sites excluding steroid dienone is 1. The summed E-state index contributed by atoms with van der Waals surface area (Å²) in [5.41, 5.74) is 0. The lowest BCUT2D eigenvalue weighted by Crippen LogP contribution is -2.27. The SMILES string of the molecule is C=C[C@H]1CC[C@H]([C@H]2CC[C@H](COc3ccc(O)c(F)c3F)CC2)CC1. The number of phenolic OH excluding ortho intramolecular Hbond substituents is 1. The number of hydrogen-bond donors (Lipinski definition) is 1. The van der Waals surface area contributed by atoms with Crippen LogP contribution in [0.3, 0.4) is 0 Å². The van der Waals surface area contributed by atoms with Crippen molar-refractivity contribution < 1.29 is 18.6 Å². The summed E-state index contributed by atoms with van der Waals surface area (Å²) in [6, 6.07) is 2.42. The Hall–Kier alpha value is -1.58. The Morgan fingerprint density at radius 3 is 2.16 bits per heavy atom. The van der Waals surface area contributed by atoms with E-state index in [9.17, 15) is 8.78 Å². The second kappa shape index (κ2) is 8.20. The molecule has 3 rings (SSSR count). The highest BCUT2D eigenvalue weighted by atomic mass is 19.2. The van der Waals surface area contributed by atoms with Crippen LogP contribution in [0.25, 0.3) is 0 Å². The molecule has 0 saturated heterocycles. The fourth-order valence-electron chi connectivity index (χ4n) is 4.52. The van der Waals surface area contributed by atoms with E-state index >= 15 is 0 Å². The van der Waals surface area contributed by atoms with Gasteiger partial charge in [-0.2, -0.15) is 8.78 Å². The molecule has 2 aliphatic rings. The highest BCUT2D eigenvalue weighted by Crippen LogP contribution is 2.41. The van der Waals surface area contributed by atoms with Gasteiger partial charge in [-0.3, -0.25) is 0 Å². The van der Waals surface area contributed by atoms with Gasteiger partial charge in [0.05, 0.1) is 6.61 Å². The molecular weight excluding hydrogens is 322 g/mol. The summed E-state index contributed by atoms with van der Waals surface area (Å²) in [6.45, 7) is 4.33. The first-order valence-electron chi connectivity index (χ1n) is 9.50. The lowest BCUT2D eigenvalue weighted by molar-refractivity contribution is 0.127. The first-order valence-corrected chi connectivity index (χ1v) is 9.50. The first kappa shape index (κ1) is 18.2. The zero-order valence-corrected chi connectivity index (χ0v) is 14.7. The smallest absolute Gasteiger partial charge is 0.204 e. The third-order valence-corrected chi connectivity index (χ3v) is 6.21. The second-order valence-corrected chi connectivity index (χ2v) is 7.71. The molecule has 1 N–H and O–H groups in total. The molecule has 2 aliphatic carbocycles. The van der Waals surface area contributed by atoms with Crippen molar-refractivity contribution in [2.75, 3.05) is 6.61 Å². The number of rotatable bonds is 5. The molecule has 0 heterocycles. The minimum absolute atomic E-state index is 0.111. The molecule has 1 aromatic rings. The predicted octanol–water partition coefficient (Wildman–Crippen LogP) is 5.85. The summed E-state index contributed by atoms with van der Waals surface area (Å²) in [5, 5.41) is 9.15. The lowest BCUT2D eigenvalue weighted by Gasteiger charge is -2.37. The molecule has 0 radical (unpaired) electrons. The number of hydrogen-bond acceptors (Lipinski definition) is 2. The zero-order valence-electron chi connectivity index (χ0n) is 14.7. The number of aromatic hydroxyl groups is 1. The number of halogens is 2. The molecular formula is C21H28F2O2. The topological polar surface area (TPSA) is 29.5 Å². The Balaban J connectivity index is 1.44. The maximum atomic E-state index is 13.7. The summed E-state index contributed by atoms with van der Waals surface area (Å²) >= 11 is 0. The van der Waals surface area contributed by atoms with Gasteiger partial charge in [0.15, 0.2) is 11.5 Å². The standard InChI is InChI=1S/C21H28F2O2/c1-2-14-3-7-16(8-4-14)17-9-5-15(6-10-17)13-25-19-12-11-18(24)20(22)21(19)23/h2,11-12,14-17,24H,1,3-10,13H2/t14-,15-,16-,17-. The van der Waals surface area contributed by atoms with Gasteiger partial charge in [0.2, 0.25) is 11.6 Å². The average molecular weight is 350 g/mol. The minimum Gasteiger partial charge on any atom is -0.505 e. The molecule has 25 heavy (non-hydrogen) atoms. The fraction of sp³-hybridized carbons (Fsp3) is 0.619. The Kier molecular flexibility index (Phi) is 5.98. The third kappa shape index (κ3) is 4.34. The molecule has 1 aromatic carbocycles. The van der Waals surface area contributed by atoms with E-state index in [2.05, 4.69) is 12.7 Å². The normalized spacial score (nSPS) is 30.0. The summed E-state index contributed by atoms with van der Waals surface area (Å²) in [6.07, 6.45) is 11.9. The van der Waals surface area contributed by atoms with Gasteiger partial charge >= 0.3 is 0 Å². The van der Waals surface area contributed by atoms with Crippen molar-refractivity contribution in [1.29, 1.82) is 0 Å². The third-order valence-electron chi connectivity index (χ3n) is 6.21. The zero-order chi connectivity index (χ0) is 17.8. The Bertz CT molecular complexity index is 586. The molecule has 2 fully saturated rings. The van der Waals surface area contributed by atoms with Gasteiger partial charge in [-0.05, 0) is 87.2 Å². The highest BCUT2D eigenvalue weighted by molar-refractivity contribution is 5.33. The number of ether oxygens (including phenoxy) is 1. The van der Waals surface area contributed by atoms with Gasteiger partial charge in [-0.15, -0.1) is 6.58 Å². The van der Waals surface area contributed by atoms with Crippen LogP contribution in [0.5, 0.6) is 11.5 Å². The van der Waals surface area contributed by atoms with Crippen LogP contribution in [-0.2, 0) is 0 Å². The number of benzene rings is 1. The Morgan fingerprint density at radius 1 is 0.960 bits per heavy atom. The van der Waals surface area contributed by atoms with Crippen LogP contribution in [-0.4, -0.2) is 11.7 Å². The van der Waals surface area contributed by atoms with E-state index in [1.54, 1.807) is 0 Å². The van der Waals surface area contributed by atoms with Gasteiger partial charge < -0.3 is 9.84 Å². The van der Waals surface area contributed by atoms with Gasteiger partial charge in [0.25, 0.3) is 0 Å². The summed E-state index contributed by atoms with van der Waals surface area (Å²) in [7, 11) is 0. The van der Waals surface area contributed by atoms with Gasteiger partial charge in [0.1, 0.15) is 0 Å². The molecule has 4 heteroatoms. The van der Waals surface area contributed by atoms with E-state index in [4.69, 9.17) is 9.84 Å². The molecule has 0 unspecified atom stereocenters. The van der Waals surface area contributed by atoms with E-state index in [1.807, 2.05) is 0 Å². The van der Waals surface area contributed by atoms with Crippen LogP contribution < -0.4 is 4.74 Å². The van der Waals surface area contributed by atoms with Crippen LogP contribution in [0.1, 0.15) is 51.4 Å². The first-order chi connectivity index (χ1) is 12.1. The molecule has 2 nitrogen and oxygen atoms in total. The van der Waals surface area contributed by atoms with Crippen molar-refractivity contribution in [2.45, 2.75) is 51.4 Å². The van der Waals surface area contributed by atoms with E-state index in [0.29, 0.717) is 18.4 Å². The predicted molar refractivity (Wildman–Crippen MR) is 94.6 cm³/mol.